The van der Waals surface area contributed by atoms with Crippen molar-refractivity contribution < 1.29 is 19.5 Å². The molecule has 6 nitrogen and oxygen atoms in total. The summed E-state index contributed by atoms with van der Waals surface area (Å²) in [5, 5.41) is 11.9. The Balaban J connectivity index is 1.34. The molecular formula is C19H24N2O4. The second-order valence-corrected chi connectivity index (χ2v) is 7.06. The summed E-state index contributed by atoms with van der Waals surface area (Å²) < 4.78 is 0. The van der Waals surface area contributed by atoms with E-state index in [-0.39, 0.29) is 23.1 Å². The van der Waals surface area contributed by atoms with Crippen LogP contribution in [0, 0.1) is 11.3 Å². The summed E-state index contributed by atoms with van der Waals surface area (Å²) in [6.07, 6.45) is 3.36. The lowest BCUT2D eigenvalue weighted by molar-refractivity contribution is -0.139. The molecule has 2 aliphatic rings. The Kier molecular flexibility index (Phi) is 5.06. The number of carbonyl (C=O) groups excluding carboxylic acids is 2. The summed E-state index contributed by atoms with van der Waals surface area (Å²) in [5.74, 6) is -0.940. The first-order valence-electron chi connectivity index (χ1n) is 8.86. The van der Waals surface area contributed by atoms with Crippen LogP contribution in [0.2, 0.25) is 0 Å². The molecule has 2 N–H and O–H groups in total. The topological polar surface area (TPSA) is 86.7 Å². The smallest absolute Gasteiger partial charge is 0.307 e. The number of carbonyl (C=O) groups is 3. The predicted octanol–water partition coefficient (Wildman–Crippen LogP) is 1.91. The summed E-state index contributed by atoms with van der Waals surface area (Å²) in [5.41, 5.74) is 0.569. The first-order chi connectivity index (χ1) is 12.0. The number of likely N-dealkylation sites (tertiary alicyclic amines) is 1. The minimum atomic E-state index is -0.700. The standard InChI is InChI=1S/C19H24N2O4/c22-16(7-4-10-20-17(23)14-5-2-1-3-6-14)21-11-8-19(9-12-21)13-15(19)18(24)25/h1-3,5-6,15H,4,7-13H2,(H,20,23)(H,24,25). The molecule has 6 heteroatoms. The Labute approximate surface area is 147 Å². The third-order valence-electron chi connectivity index (χ3n) is 5.49. The lowest BCUT2D eigenvalue weighted by atomic mass is 9.90. The van der Waals surface area contributed by atoms with Crippen molar-refractivity contribution >= 4 is 17.8 Å². The summed E-state index contributed by atoms with van der Waals surface area (Å²) >= 11 is 0. The number of piperidine rings is 1. The Bertz CT molecular complexity index is 651. The van der Waals surface area contributed by atoms with Crippen LogP contribution in [0.1, 0.15) is 42.5 Å². The van der Waals surface area contributed by atoms with Crippen molar-refractivity contribution in [3.05, 3.63) is 35.9 Å². The molecule has 25 heavy (non-hydrogen) atoms. The Morgan fingerprint density at radius 3 is 2.44 bits per heavy atom. The summed E-state index contributed by atoms with van der Waals surface area (Å²) in [7, 11) is 0. The van der Waals surface area contributed by atoms with Gasteiger partial charge in [-0.3, -0.25) is 14.4 Å². The van der Waals surface area contributed by atoms with Gasteiger partial charge in [0.2, 0.25) is 5.91 Å². The van der Waals surface area contributed by atoms with Crippen LogP contribution in [0.3, 0.4) is 0 Å². The number of hydrogen-bond acceptors (Lipinski definition) is 3. The van der Waals surface area contributed by atoms with Crippen molar-refractivity contribution in [2.24, 2.45) is 11.3 Å². The van der Waals surface area contributed by atoms with Gasteiger partial charge in [0, 0.05) is 31.6 Å². The molecule has 1 heterocycles. The van der Waals surface area contributed by atoms with Crippen LogP contribution in [0.4, 0.5) is 0 Å². The van der Waals surface area contributed by atoms with E-state index in [0.29, 0.717) is 38.0 Å². The molecule has 2 fully saturated rings. The molecule has 0 bridgehead atoms. The molecular weight excluding hydrogens is 320 g/mol. The minimum absolute atomic E-state index is 0.0493. The summed E-state index contributed by atoms with van der Waals surface area (Å²) in [6.45, 7) is 1.77. The quantitative estimate of drug-likeness (QED) is 0.772. The molecule has 3 rings (SSSR count). The van der Waals surface area contributed by atoms with Gasteiger partial charge in [-0.25, -0.2) is 0 Å². The zero-order valence-corrected chi connectivity index (χ0v) is 14.2. The molecule has 1 aromatic rings. The number of rotatable bonds is 6. The molecule has 1 spiro atoms. The number of aliphatic carboxylic acids is 1. The molecule has 1 unspecified atom stereocenters. The van der Waals surface area contributed by atoms with E-state index in [4.69, 9.17) is 5.11 Å². The third-order valence-corrected chi connectivity index (χ3v) is 5.49. The van der Waals surface area contributed by atoms with Gasteiger partial charge in [-0.05, 0) is 43.2 Å². The largest absolute Gasteiger partial charge is 0.481 e. The minimum Gasteiger partial charge on any atom is -0.481 e. The molecule has 0 radical (unpaired) electrons. The Hall–Kier alpha value is -2.37. The van der Waals surface area contributed by atoms with Crippen LogP contribution in [0.15, 0.2) is 30.3 Å². The number of nitrogens with zero attached hydrogens (tertiary/aromatic N) is 1. The summed E-state index contributed by atoms with van der Waals surface area (Å²) in [4.78, 5) is 37.1. The molecule has 0 aromatic heterocycles. The van der Waals surface area contributed by atoms with Crippen LogP contribution in [-0.4, -0.2) is 47.4 Å². The molecule has 1 atom stereocenters. The van der Waals surface area contributed by atoms with E-state index >= 15 is 0 Å². The van der Waals surface area contributed by atoms with Gasteiger partial charge in [-0.1, -0.05) is 18.2 Å². The van der Waals surface area contributed by atoms with E-state index < -0.39 is 5.97 Å². The van der Waals surface area contributed by atoms with E-state index in [2.05, 4.69) is 5.32 Å². The lowest BCUT2D eigenvalue weighted by Crippen LogP contribution is -2.40. The highest BCUT2D eigenvalue weighted by Gasteiger charge is 2.59. The second kappa shape index (κ2) is 7.25. The first kappa shape index (κ1) is 17.5. The van der Waals surface area contributed by atoms with Gasteiger partial charge in [-0.2, -0.15) is 0 Å². The highest BCUT2D eigenvalue weighted by atomic mass is 16.4. The lowest BCUT2D eigenvalue weighted by Gasteiger charge is -2.32. The predicted molar refractivity (Wildman–Crippen MR) is 92.0 cm³/mol. The summed E-state index contributed by atoms with van der Waals surface area (Å²) in [6, 6.07) is 9.00. The maximum absolute atomic E-state index is 12.3. The number of nitrogens with one attached hydrogen (secondary N) is 1. The van der Waals surface area contributed by atoms with Crippen LogP contribution in [0.5, 0.6) is 0 Å². The zero-order valence-electron chi connectivity index (χ0n) is 14.2. The molecule has 1 aliphatic heterocycles. The van der Waals surface area contributed by atoms with E-state index in [9.17, 15) is 14.4 Å². The highest BCUT2D eigenvalue weighted by Crippen LogP contribution is 2.59. The van der Waals surface area contributed by atoms with Crippen LogP contribution in [0.25, 0.3) is 0 Å². The average molecular weight is 344 g/mol. The van der Waals surface area contributed by atoms with Crippen LogP contribution >= 0.6 is 0 Å². The fraction of sp³-hybridized carbons (Fsp3) is 0.526. The fourth-order valence-corrected chi connectivity index (χ4v) is 3.74. The van der Waals surface area contributed by atoms with Crippen molar-refractivity contribution in [3.63, 3.8) is 0 Å². The maximum atomic E-state index is 12.3. The maximum Gasteiger partial charge on any atom is 0.307 e. The van der Waals surface area contributed by atoms with Gasteiger partial charge < -0.3 is 15.3 Å². The fourth-order valence-electron chi connectivity index (χ4n) is 3.74. The molecule has 1 aliphatic carbocycles. The SMILES string of the molecule is O=C(NCCCC(=O)N1CCC2(CC1)CC2C(=O)O)c1ccccc1. The van der Waals surface area contributed by atoms with Crippen LogP contribution in [-0.2, 0) is 9.59 Å². The van der Waals surface area contributed by atoms with Crippen molar-refractivity contribution in [3.8, 4) is 0 Å². The van der Waals surface area contributed by atoms with Crippen molar-refractivity contribution in [2.75, 3.05) is 19.6 Å². The van der Waals surface area contributed by atoms with E-state index in [1.54, 1.807) is 12.1 Å². The molecule has 1 saturated heterocycles. The van der Waals surface area contributed by atoms with Crippen molar-refractivity contribution in [1.82, 2.24) is 10.2 Å². The number of hydrogen-bond donors (Lipinski definition) is 2. The van der Waals surface area contributed by atoms with E-state index in [1.807, 2.05) is 23.1 Å². The molecule has 1 aromatic carbocycles. The highest BCUT2D eigenvalue weighted by molar-refractivity contribution is 5.94. The van der Waals surface area contributed by atoms with Gasteiger partial charge in [0.1, 0.15) is 0 Å². The third kappa shape index (κ3) is 4.00. The number of benzene rings is 1. The van der Waals surface area contributed by atoms with Gasteiger partial charge >= 0.3 is 5.97 Å². The van der Waals surface area contributed by atoms with Crippen LogP contribution < -0.4 is 5.32 Å². The van der Waals surface area contributed by atoms with Gasteiger partial charge in [0.15, 0.2) is 0 Å². The van der Waals surface area contributed by atoms with Crippen molar-refractivity contribution in [1.29, 1.82) is 0 Å². The van der Waals surface area contributed by atoms with Gasteiger partial charge in [0.05, 0.1) is 5.92 Å². The Morgan fingerprint density at radius 1 is 1.16 bits per heavy atom. The normalized spacial score (nSPS) is 21.0. The molecule has 134 valence electrons. The second-order valence-electron chi connectivity index (χ2n) is 7.06. The van der Waals surface area contributed by atoms with Gasteiger partial charge in [0.25, 0.3) is 5.91 Å². The monoisotopic (exact) mass is 344 g/mol. The number of amides is 2. The average Bonchev–Trinajstić information content (AvgIpc) is 3.33. The van der Waals surface area contributed by atoms with Gasteiger partial charge in [-0.15, -0.1) is 0 Å². The number of carboxylic acids is 1. The van der Waals surface area contributed by atoms with E-state index in [1.165, 1.54) is 0 Å². The zero-order chi connectivity index (χ0) is 17.9. The van der Waals surface area contributed by atoms with Crippen molar-refractivity contribution in [2.45, 2.75) is 32.1 Å². The Morgan fingerprint density at radius 2 is 1.84 bits per heavy atom. The molecule has 2 amide bonds. The molecule has 1 saturated carbocycles. The van der Waals surface area contributed by atoms with E-state index in [0.717, 1.165) is 19.3 Å². The first-order valence-corrected chi connectivity index (χ1v) is 8.86. The number of carboxylic acid groups (broad SMARTS) is 1.